The molecule has 0 N–H and O–H groups in total. The molecular weight excluding hydrogens is 629 g/mol. The number of aromatic nitrogens is 1. The Kier molecular flexibility index (Phi) is 5.53. The van der Waals surface area contributed by atoms with Gasteiger partial charge in [-0.2, -0.15) is 0 Å². The van der Waals surface area contributed by atoms with Crippen LogP contribution in [0, 0.1) is 0 Å². The van der Waals surface area contributed by atoms with Crippen molar-refractivity contribution in [2.24, 2.45) is 0 Å². The zero-order valence-electron chi connectivity index (χ0n) is 28.2. The second kappa shape index (κ2) is 10.3. The van der Waals surface area contributed by atoms with Crippen molar-refractivity contribution in [3.8, 4) is 5.69 Å². The van der Waals surface area contributed by atoms with Gasteiger partial charge in [0, 0.05) is 32.9 Å². The van der Waals surface area contributed by atoms with E-state index in [4.69, 9.17) is 0 Å². The number of hydrogen-bond acceptors (Lipinski definition) is 1. The van der Waals surface area contributed by atoms with Gasteiger partial charge in [0.05, 0.1) is 22.4 Å². The van der Waals surface area contributed by atoms with E-state index < -0.39 is 0 Å². The smallest absolute Gasteiger partial charge is 0.0542 e. The fraction of sp³-hybridized carbons (Fsp3) is 0. The van der Waals surface area contributed by atoms with Crippen molar-refractivity contribution in [2.45, 2.75) is 0 Å². The van der Waals surface area contributed by atoms with Gasteiger partial charge >= 0.3 is 0 Å². The third-order valence-corrected chi connectivity index (χ3v) is 11.4. The first-order valence-electron chi connectivity index (χ1n) is 18.0. The molecule has 52 heavy (non-hydrogen) atoms. The molecule has 11 aromatic carbocycles. The third-order valence-electron chi connectivity index (χ3n) is 11.4. The van der Waals surface area contributed by atoms with Crippen molar-refractivity contribution in [3.63, 3.8) is 0 Å². The number of fused-ring (bicyclic) bond motifs is 3. The predicted octanol–water partition coefficient (Wildman–Crippen LogP) is 14.0. The summed E-state index contributed by atoms with van der Waals surface area (Å²) in [5.41, 5.74) is 7.05. The number of nitrogens with zero attached hydrogens (tertiary/aromatic N) is 2. The van der Waals surface area contributed by atoms with Gasteiger partial charge in [0.15, 0.2) is 0 Å². The molecule has 12 aromatic rings. The number of anilines is 3. The van der Waals surface area contributed by atoms with E-state index in [-0.39, 0.29) is 0 Å². The summed E-state index contributed by atoms with van der Waals surface area (Å²) in [7, 11) is 0. The first-order chi connectivity index (χ1) is 25.8. The van der Waals surface area contributed by atoms with Crippen LogP contribution >= 0.6 is 0 Å². The van der Waals surface area contributed by atoms with Crippen LogP contribution in [0.2, 0.25) is 0 Å². The normalized spacial score (nSPS) is 12.2. The largest absolute Gasteiger partial charge is 0.309 e. The molecule has 0 amide bonds. The van der Waals surface area contributed by atoms with E-state index in [1.165, 1.54) is 97.8 Å². The standard InChI is InChI=1S/C50H30N2/c1-2-12-37(13-3-1)51-43-15-5-4-14-39(43)42-30-38(24-29-46(42)51)52(44-27-22-35-18-16-31-8-6-10-33-20-25-40(44)49(35)47(31)33)45-28-23-36-19-17-32-9-7-11-34-21-26-41(45)50(36)48(32)34/h1-30H. The molecule has 0 saturated carbocycles. The maximum absolute atomic E-state index is 2.52. The van der Waals surface area contributed by atoms with Crippen LogP contribution in [0.3, 0.4) is 0 Å². The molecule has 0 aliphatic rings. The van der Waals surface area contributed by atoms with Crippen LogP contribution < -0.4 is 4.90 Å². The highest BCUT2D eigenvalue weighted by atomic mass is 15.1. The van der Waals surface area contributed by atoms with E-state index in [0.717, 1.165) is 11.4 Å². The molecule has 0 aliphatic carbocycles. The molecule has 240 valence electrons. The molecule has 1 aromatic heterocycles. The molecule has 0 spiro atoms. The van der Waals surface area contributed by atoms with Crippen molar-refractivity contribution in [2.75, 3.05) is 4.90 Å². The Hall–Kier alpha value is -6.90. The second-order valence-electron chi connectivity index (χ2n) is 14.1. The van der Waals surface area contributed by atoms with Crippen LogP contribution in [0.1, 0.15) is 0 Å². The van der Waals surface area contributed by atoms with E-state index >= 15 is 0 Å². The summed E-state index contributed by atoms with van der Waals surface area (Å²) in [5, 5.41) is 17.9. The Morgan fingerprint density at radius 1 is 0.308 bits per heavy atom. The molecule has 2 nitrogen and oxygen atoms in total. The topological polar surface area (TPSA) is 8.17 Å². The van der Waals surface area contributed by atoms with Crippen LogP contribution in [-0.4, -0.2) is 4.57 Å². The van der Waals surface area contributed by atoms with Crippen LogP contribution in [0.5, 0.6) is 0 Å². The minimum absolute atomic E-state index is 1.13. The summed E-state index contributed by atoms with van der Waals surface area (Å²) in [6.45, 7) is 0. The average Bonchev–Trinajstić information content (AvgIpc) is 3.54. The summed E-state index contributed by atoms with van der Waals surface area (Å²) >= 11 is 0. The van der Waals surface area contributed by atoms with E-state index in [9.17, 15) is 0 Å². The average molecular weight is 659 g/mol. The summed E-state index contributed by atoms with van der Waals surface area (Å²) in [5.74, 6) is 0. The van der Waals surface area contributed by atoms with E-state index in [1.807, 2.05) is 0 Å². The van der Waals surface area contributed by atoms with Crippen LogP contribution in [0.4, 0.5) is 17.1 Å². The molecule has 0 saturated heterocycles. The number of rotatable bonds is 4. The maximum atomic E-state index is 2.52. The molecular formula is C50H30N2. The Morgan fingerprint density at radius 2 is 0.788 bits per heavy atom. The van der Waals surface area contributed by atoms with Gasteiger partial charge in [0.1, 0.15) is 0 Å². The summed E-state index contributed by atoms with van der Waals surface area (Å²) in [6, 6.07) is 67.5. The fourth-order valence-electron chi connectivity index (χ4n) is 9.19. The van der Waals surface area contributed by atoms with Gasteiger partial charge in [-0.1, -0.05) is 133 Å². The first kappa shape index (κ1) is 27.9. The minimum Gasteiger partial charge on any atom is -0.309 e. The van der Waals surface area contributed by atoms with Crippen molar-refractivity contribution in [1.29, 1.82) is 0 Å². The lowest BCUT2D eigenvalue weighted by Gasteiger charge is -2.29. The van der Waals surface area contributed by atoms with Gasteiger partial charge in [-0.3, -0.25) is 0 Å². The maximum Gasteiger partial charge on any atom is 0.0542 e. The number of hydrogen-bond donors (Lipinski definition) is 0. The lowest BCUT2D eigenvalue weighted by molar-refractivity contribution is 1.18. The van der Waals surface area contributed by atoms with Crippen LogP contribution in [0.25, 0.3) is 92.1 Å². The van der Waals surface area contributed by atoms with Crippen molar-refractivity contribution < 1.29 is 0 Å². The molecule has 0 aliphatic heterocycles. The molecule has 12 rings (SSSR count). The zero-order valence-corrected chi connectivity index (χ0v) is 28.2. The van der Waals surface area contributed by atoms with Crippen LogP contribution in [0.15, 0.2) is 182 Å². The molecule has 0 radical (unpaired) electrons. The van der Waals surface area contributed by atoms with Crippen molar-refractivity contribution in [1.82, 2.24) is 4.57 Å². The van der Waals surface area contributed by atoms with Gasteiger partial charge in [0.2, 0.25) is 0 Å². The minimum atomic E-state index is 1.13. The second-order valence-corrected chi connectivity index (χ2v) is 14.1. The quantitative estimate of drug-likeness (QED) is 0.171. The Morgan fingerprint density at radius 3 is 1.38 bits per heavy atom. The first-order valence-corrected chi connectivity index (χ1v) is 18.0. The summed E-state index contributed by atoms with van der Waals surface area (Å²) in [4.78, 5) is 2.52. The Balaban J connectivity index is 1.21. The van der Waals surface area contributed by atoms with E-state index in [0.29, 0.717) is 0 Å². The molecule has 2 heteroatoms. The number of para-hydroxylation sites is 2. The summed E-state index contributed by atoms with van der Waals surface area (Å²) in [6.07, 6.45) is 0. The summed E-state index contributed by atoms with van der Waals surface area (Å²) < 4.78 is 2.39. The number of benzene rings is 11. The highest BCUT2D eigenvalue weighted by Crippen LogP contribution is 2.48. The predicted molar refractivity (Wildman–Crippen MR) is 223 cm³/mol. The highest BCUT2D eigenvalue weighted by Gasteiger charge is 2.23. The third kappa shape index (κ3) is 3.73. The Bertz CT molecular complexity index is 3170. The zero-order chi connectivity index (χ0) is 33.9. The van der Waals surface area contributed by atoms with Crippen molar-refractivity contribution >= 4 is 104 Å². The molecule has 0 bridgehead atoms. The molecule has 0 fully saturated rings. The monoisotopic (exact) mass is 658 g/mol. The van der Waals surface area contributed by atoms with Gasteiger partial charge in [0.25, 0.3) is 0 Å². The van der Waals surface area contributed by atoms with Gasteiger partial charge in [-0.15, -0.1) is 0 Å². The van der Waals surface area contributed by atoms with Gasteiger partial charge in [-0.25, -0.2) is 0 Å². The lowest BCUT2D eigenvalue weighted by atomic mass is 9.91. The van der Waals surface area contributed by atoms with Crippen molar-refractivity contribution in [3.05, 3.63) is 182 Å². The Labute approximate surface area is 299 Å². The van der Waals surface area contributed by atoms with Crippen LogP contribution in [-0.2, 0) is 0 Å². The highest BCUT2D eigenvalue weighted by molar-refractivity contribution is 6.28. The van der Waals surface area contributed by atoms with Gasteiger partial charge in [-0.05, 0) is 102 Å². The fourth-order valence-corrected chi connectivity index (χ4v) is 9.19. The SMILES string of the molecule is c1ccc(-n2c3ccccc3c3cc(N(c4ccc5ccc6cccc7ccc4c5c67)c4ccc5ccc6cccc7ccc4c5c67)ccc32)cc1. The van der Waals surface area contributed by atoms with E-state index in [2.05, 4.69) is 191 Å². The molecule has 1 heterocycles. The molecule has 0 atom stereocenters. The van der Waals surface area contributed by atoms with E-state index in [1.54, 1.807) is 0 Å². The molecule has 0 unspecified atom stereocenters. The lowest BCUT2D eigenvalue weighted by Crippen LogP contribution is -2.11. The van der Waals surface area contributed by atoms with Gasteiger partial charge < -0.3 is 9.47 Å².